The number of carbonyl (C=O) groups is 1. The lowest BCUT2D eigenvalue weighted by Crippen LogP contribution is -2.38. The number of thiophene rings is 1. The van der Waals surface area contributed by atoms with Crippen LogP contribution in [-0.2, 0) is 6.18 Å². The Labute approximate surface area is 155 Å². The Balaban J connectivity index is 1.84. The first-order chi connectivity index (χ1) is 12.4. The molecule has 0 aliphatic heterocycles. The van der Waals surface area contributed by atoms with Gasteiger partial charge in [-0.05, 0) is 42.7 Å². The SMILES string of the molecule is C=CCN(C(=O)c1ccc(-c2cccc(C(F)(F)F)c2)s1)C1CCCC1. The van der Waals surface area contributed by atoms with Crippen LogP contribution in [0.25, 0.3) is 10.4 Å². The summed E-state index contributed by atoms with van der Waals surface area (Å²) in [6.45, 7) is 4.22. The van der Waals surface area contributed by atoms with Crippen molar-refractivity contribution in [2.24, 2.45) is 0 Å². The molecule has 0 spiro atoms. The molecule has 0 bridgehead atoms. The van der Waals surface area contributed by atoms with Gasteiger partial charge in [0.05, 0.1) is 10.4 Å². The van der Waals surface area contributed by atoms with E-state index in [0.717, 1.165) is 37.8 Å². The lowest BCUT2D eigenvalue weighted by Gasteiger charge is -2.27. The van der Waals surface area contributed by atoms with Crippen molar-refractivity contribution in [1.29, 1.82) is 0 Å². The summed E-state index contributed by atoms with van der Waals surface area (Å²) in [5, 5.41) is 0. The molecule has 6 heteroatoms. The van der Waals surface area contributed by atoms with Crippen molar-refractivity contribution in [3.05, 3.63) is 59.5 Å². The highest BCUT2D eigenvalue weighted by atomic mass is 32.1. The van der Waals surface area contributed by atoms with Gasteiger partial charge < -0.3 is 4.90 Å². The van der Waals surface area contributed by atoms with E-state index in [4.69, 9.17) is 0 Å². The quantitative estimate of drug-likeness (QED) is 0.583. The van der Waals surface area contributed by atoms with Crippen LogP contribution >= 0.6 is 11.3 Å². The van der Waals surface area contributed by atoms with E-state index in [0.29, 0.717) is 21.9 Å². The third kappa shape index (κ3) is 4.01. The van der Waals surface area contributed by atoms with Crippen molar-refractivity contribution >= 4 is 17.2 Å². The van der Waals surface area contributed by atoms with Gasteiger partial charge >= 0.3 is 6.18 Å². The van der Waals surface area contributed by atoms with E-state index in [9.17, 15) is 18.0 Å². The lowest BCUT2D eigenvalue weighted by atomic mass is 10.1. The Bertz CT molecular complexity index is 790. The summed E-state index contributed by atoms with van der Waals surface area (Å²) in [7, 11) is 0. The molecule has 1 fully saturated rings. The van der Waals surface area contributed by atoms with Gasteiger partial charge in [0.25, 0.3) is 5.91 Å². The maximum atomic E-state index is 12.9. The first kappa shape index (κ1) is 18.7. The van der Waals surface area contributed by atoms with Crippen LogP contribution in [0.5, 0.6) is 0 Å². The number of rotatable bonds is 5. The Morgan fingerprint density at radius 2 is 1.96 bits per heavy atom. The molecule has 138 valence electrons. The maximum Gasteiger partial charge on any atom is 0.416 e. The van der Waals surface area contributed by atoms with Crippen LogP contribution in [0.4, 0.5) is 13.2 Å². The fourth-order valence-electron chi connectivity index (χ4n) is 3.35. The first-order valence-electron chi connectivity index (χ1n) is 8.59. The summed E-state index contributed by atoms with van der Waals surface area (Å²) in [5.41, 5.74) is -0.212. The molecule has 1 aliphatic rings. The average molecular weight is 379 g/mol. The normalized spacial score (nSPS) is 15.2. The molecule has 26 heavy (non-hydrogen) atoms. The molecule has 1 aromatic heterocycles. The molecule has 2 aromatic rings. The number of halogens is 3. The first-order valence-corrected chi connectivity index (χ1v) is 9.41. The van der Waals surface area contributed by atoms with Gasteiger partial charge in [-0.3, -0.25) is 4.79 Å². The third-order valence-corrected chi connectivity index (χ3v) is 5.77. The number of amides is 1. The third-order valence-electron chi connectivity index (χ3n) is 4.64. The summed E-state index contributed by atoms with van der Waals surface area (Å²) in [5.74, 6) is -0.0694. The van der Waals surface area contributed by atoms with E-state index in [1.165, 1.54) is 17.4 Å². The van der Waals surface area contributed by atoms with E-state index in [2.05, 4.69) is 6.58 Å². The van der Waals surface area contributed by atoms with Gasteiger partial charge in [0.2, 0.25) is 0 Å². The molecule has 3 rings (SSSR count). The summed E-state index contributed by atoms with van der Waals surface area (Å²) >= 11 is 1.23. The van der Waals surface area contributed by atoms with E-state index < -0.39 is 11.7 Å². The topological polar surface area (TPSA) is 20.3 Å². The van der Waals surface area contributed by atoms with Crippen LogP contribution in [0.15, 0.2) is 49.1 Å². The van der Waals surface area contributed by atoms with Crippen molar-refractivity contribution in [2.45, 2.75) is 37.9 Å². The van der Waals surface area contributed by atoms with Crippen LogP contribution in [0, 0.1) is 0 Å². The highest BCUT2D eigenvalue weighted by Crippen LogP contribution is 2.35. The fraction of sp³-hybridized carbons (Fsp3) is 0.350. The molecule has 0 saturated heterocycles. The summed E-state index contributed by atoms with van der Waals surface area (Å²) in [6.07, 6.45) is 1.56. The predicted molar refractivity (Wildman–Crippen MR) is 98.2 cm³/mol. The molecule has 1 amide bonds. The van der Waals surface area contributed by atoms with E-state index in [1.54, 1.807) is 24.3 Å². The van der Waals surface area contributed by atoms with Crippen molar-refractivity contribution < 1.29 is 18.0 Å². The molecule has 1 aromatic carbocycles. The van der Waals surface area contributed by atoms with Crippen LogP contribution in [0.1, 0.15) is 40.9 Å². The second-order valence-corrected chi connectivity index (χ2v) is 7.51. The molecular formula is C20H20F3NOS. The number of alkyl halides is 3. The van der Waals surface area contributed by atoms with Gasteiger partial charge in [0.1, 0.15) is 0 Å². The Morgan fingerprint density at radius 1 is 1.23 bits per heavy atom. The Kier molecular flexibility index (Phi) is 5.51. The van der Waals surface area contributed by atoms with Gasteiger partial charge in [0.15, 0.2) is 0 Å². The minimum atomic E-state index is -4.38. The number of carbonyl (C=O) groups excluding carboxylic acids is 1. The van der Waals surface area contributed by atoms with Crippen molar-refractivity contribution in [3.8, 4) is 10.4 Å². The molecule has 0 unspecified atom stereocenters. The summed E-state index contributed by atoms with van der Waals surface area (Å²) < 4.78 is 38.7. The van der Waals surface area contributed by atoms with Crippen LogP contribution in [0.2, 0.25) is 0 Å². The Hall–Kier alpha value is -2.08. The predicted octanol–water partition coefficient (Wildman–Crippen LogP) is 6.00. The van der Waals surface area contributed by atoms with Crippen LogP contribution < -0.4 is 0 Å². The Morgan fingerprint density at radius 3 is 2.62 bits per heavy atom. The second-order valence-electron chi connectivity index (χ2n) is 6.43. The monoisotopic (exact) mass is 379 g/mol. The molecule has 0 atom stereocenters. The number of benzene rings is 1. The molecule has 1 heterocycles. The number of hydrogen-bond donors (Lipinski definition) is 0. The van der Waals surface area contributed by atoms with Gasteiger partial charge in [-0.15, -0.1) is 17.9 Å². The van der Waals surface area contributed by atoms with Crippen LogP contribution in [-0.4, -0.2) is 23.4 Å². The van der Waals surface area contributed by atoms with Crippen molar-refractivity contribution in [2.75, 3.05) is 6.54 Å². The molecular weight excluding hydrogens is 359 g/mol. The van der Waals surface area contributed by atoms with Gasteiger partial charge in [0, 0.05) is 17.5 Å². The fourth-order valence-corrected chi connectivity index (χ4v) is 4.31. The average Bonchev–Trinajstić information content (AvgIpc) is 3.30. The van der Waals surface area contributed by atoms with Gasteiger partial charge in [-0.2, -0.15) is 13.2 Å². The van der Waals surface area contributed by atoms with Crippen LogP contribution in [0.3, 0.4) is 0 Å². The molecule has 0 N–H and O–H groups in total. The van der Waals surface area contributed by atoms with E-state index in [1.807, 2.05) is 4.90 Å². The van der Waals surface area contributed by atoms with E-state index in [-0.39, 0.29) is 11.9 Å². The second kappa shape index (κ2) is 7.66. The molecule has 1 saturated carbocycles. The minimum absolute atomic E-state index is 0.0694. The molecule has 1 aliphatic carbocycles. The van der Waals surface area contributed by atoms with Crippen molar-refractivity contribution in [3.63, 3.8) is 0 Å². The smallest absolute Gasteiger partial charge is 0.331 e. The lowest BCUT2D eigenvalue weighted by molar-refractivity contribution is -0.137. The number of nitrogens with zero attached hydrogens (tertiary/aromatic N) is 1. The standard InChI is InChI=1S/C20H20F3NOS/c1-2-12-24(16-8-3-4-9-16)19(25)18-11-10-17(26-18)14-6-5-7-15(13-14)20(21,22)23/h2,5-7,10-11,13,16H,1,3-4,8-9,12H2. The number of hydrogen-bond acceptors (Lipinski definition) is 2. The highest BCUT2D eigenvalue weighted by molar-refractivity contribution is 7.17. The molecule has 0 radical (unpaired) electrons. The van der Waals surface area contributed by atoms with E-state index >= 15 is 0 Å². The highest BCUT2D eigenvalue weighted by Gasteiger charge is 2.31. The largest absolute Gasteiger partial charge is 0.416 e. The van der Waals surface area contributed by atoms with Gasteiger partial charge in [-0.1, -0.05) is 31.1 Å². The van der Waals surface area contributed by atoms with Crippen molar-refractivity contribution in [1.82, 2.24) is 4.90 Å². The zero-order chi connectivity index (χ0) is 18.7. The maximum absolute atomic E-state index is 12.9. The summed E-state index contributed by atoms with van der Waals surface area (Å²) in [6, 6.07) is 8.84. The minimum Gasteiger partial charge on any atom is -0.331 e. The molecule has 2 nitrogen and oxygen atoms in total. The zero-order valence-corrected chi connectivity index (χ0v) is 15.1. The van der Waals surface area contributed by atoms with Gasteiger partial charge in [-0.25, -0.2) is 0 Å². The summed E-state index contributed by atoms with van der Waals surface area (Å²) in [4.78, 5) is 15.9. The zero-order valence-electron chi connectivity index (χ0n) is 14.3.